The Morgan fingerprint density at radius 3 is 2.77 bits per heavy atom. The number of hydrogen-bond acceptors (Lipinski definition) is 6. The molecule has 2 fully saturated rings. The van der Waals surface area contributed by atoms with Gasteiger partial charge in [-0.25, -0.2) is 14.4 Å². The van der Waals surface area contributed by atoms with Crippen molar-refractivity contribution >= 4 is 34.0 Å². The third-order valence-corrected chi connectivity index (χ3v) is 7.64. The van der Waals surface area contributed by atoms with Crippen LogP contribution in [0, 0.1) is 17.7 Å². The van der Waals surface area contributed by atoms with Gasteiger partial charge in [-0.1, -0.05) is 30.9 Å². The fraction of sp³-hybridized carbons (Fsp3) is 0.481. The number of fused-ring (bicyclic) bond motifs is 2. The molecule has 1 saturated carbocycles. The molecule has 6 nitrogen and oxygen atoms in total. The monoisotopic (exact) mass is 498 g/mol. The van der Waals surface area contributed by atoms with E-state index in [1.807, 2.05) is 12.1 Å². The predicted molar refractivity (Wildman–Crippen MR) is 137 cm³/mol. The van der Waals surface area contributed by atoms with E-state index in [9.17, 15) is 4.39 Å². The summed E-state index contributed by atoms with van der Waals surface area (Å²) in [5, 5.41) is 4.04. The summed E-state index contributed by atoms with van der Waals surface area (Å²) in [5.74, 6) is 3.25. The molecule has 0 amide bonds. The highest BCUT2D eigenvalue weighted by atomic mass is 35.5. The topological polar surface area (TPSA) is 59.5 Å². The molecule has 3 aromatic rings. The van der Waals surface area contributed by atoms with Gasteiger partial charge < -0.3 is 19.7 Å². The number of benzene rings is 2. The number of ether oxygens (including phenoxy) is 2. The Morgan fingerprint density at radius 1 is 1.09 bits per heavy atom. The normalized spacial score (nSPS) is 20.4. The van der Waals surface area contributed by atoms with Crippen LogP contribution in [0.5, 0.6) is 11.5 Å². The SMILES string of the molecule is COc1cc2ncnc(Nc3ccc(F)c(Cl)c3)c2cc1OCCCN1CCC2CCCCC2C1. The summed E-state index contributed by atoms with van der Waals surface area (Å²) in [7, 11) is 1.63. The van der Waals surface area contributed by atoms with Gasteiger partial charge in [0.1, 0.15) is 18.0 Å². The number of nitrogens with zero attached hydrogens (tertiary/aromatic N) is 3. The van der Waals surface area contributed by atoms with Crippen molar-refractivity contribution in [3.05, 3.63) is 47.5 Å². The molecule has 2 atom stereocenters. The number of halogens is 2. The van der Waals surface area contributed by atoms with E-state index in [1.54, 1.807) is 13.2 Å². The Hall–Kier alpha value is -2.64. The average Bonchev–Trinajstić information content (AvgIpc) is 2.88. The first-order valence-corrected chi connectivity index (χ1v) is 12.9. The third-order valence-electron chi connectivity index (χ3n) is 7.35. The number of rotatable bonds is 8. The minimum Gasteiger partial charge on any atom is -0.493 e. The number of methoxy groups -OCH3 is 1. The fourth-order valence-corrected chi connectivity index (χ4v) is 5.68. The van der Waals surface area contributed by atoms with Crippen molar-refractivity contribution in [3.63, 3.8) is 0 Å². The summed E-state index contributed by atoms with van der Waals surface area (Å²) >= 11 is 5.94. The van der Waals surface area contributed by atoms with Crippen LogP contribution in [0.15, 0.2) is 36.7 Å². The number of hydrogen-bond donors (Lipinski definition) is 1. The minimum atomic E-state index is -0.465. The molecule has 1 aliphatic heterocycles. The lowest BCUT2D eigenvalue weighted by molar-refractivity contribution is 0.0829. The Kier molecular flexibility index (Phi) is 7.54. The maximum Gasteiger partial charge on any atom is 0.162 e. The van der Waals surface area contributed by atoms with Gasteiger partial charge >= 0.3 is 0 Å². The van der Waals surface area contributed by atoms with E-state index in [2.05, 4.69) is 20.2 Å². The summed E-state index contributed by atoms with van der Waals surface area (Å²) < 4.78 is 25.3. The molecular weight excluding hydrogens is 467 g/mol. The van der Waals surface area contributed by atoms with Gasteiger partial charge in [-0.15, -0.1) is 0 Å². The lowest BCUT2D eigenvalue weighted by Gasteiger charge is -2.41. The van der Waals surface area contributed by atoms with E-state index >= 15 is 0 Å². The second kappa shape index (κ2) is 11.0. The second-order valence-electron chi connectivity index (χ2n) is 9.59. The van der Waals surface area contributed by atoms with Crippen LogP contribution in [-0.4, -0.2) is 48.2 Å². The van der Waals surface area contributed by atoms with E-state index in [-0.39, 0.29) is 5.02 Å². The van der Waals surface area contributed by atoms with Gasteiger partial charge in [0.25, 0.3) is 0 Å². The Bertz CT molecular complexity index is 1180. The molecule has 5 rings (SSSR count). The van der Waals surface area contributed by atoms with Gasteiger partial charge in [0.2, 0.25) is 0 Å². The van der Waals surface area contributed by atoms with E-state index in [0.717, 1.165) is 35.7 Å². The molecule has 1 saturated heterocycles. The molecule has 1 aliphatic carbocycles. The lowest BCUT2D eigenvalue weighted by atomic mass is 9.75. The smallest absolute Gasteiger partial charge is 0.162 e. The standard InChI is InChI=1S/C27H32ClFN4O2/c1-34-25-15-24-21(27(31-17-30-24)32-20-7-8-23(29)22(28)13-20)14-26(25)35-12-4-10-33-11-9-18-5-2-3-6-19(18)16-33/h7-8,13-15,17-19H,2-6,9-12,16H2,1H3,(H,30,31,32). The van der Waals surface area contributed by atoms with Crippen LogP contribution in [0.4, 0.5) is 15.9 Å². The van der Waals surface area contributed by atoms with Crippen molar-refractivity contribution < 1.29 is 13.9 Å². The van der Waals surface area contributed by atoms with Crippen molar-refractivity contribution in [2.45, 2.75) is 38.5 Å². The van der Waals surface area contributed by atoms with Crippen LogP contribution in [0.3, 0.4) is 0 Å². The van der Waals surface area contributed by atoms with Gasteiger partial charge in [-0.05, 0) is 61.9 Å². The number of anilines is 2. The maximum atomic E-state index is 13.5. The van der Waals surface area contributed by atoms with Gasteiger partial charge in [0.15, 0.2) is 11.5 Å². The third kappa shape index (κ3) is 5.62. The van der Waals surface area contributed by atoms with Gasteiger partial charge in [0.05, 0.1) is 24.3 Å². The number of likely N-dealkylation sites (tertiary alicyclic amines) is 1. The van der Waals surface area contributed by atoms with E-state index in [1.165, 1.54) is 63.7 Å². The molecule has 2 aromatic carbocycles. The van der Waals surface area contributed by atoms with Crippen LogP contribution in [0.1, 0.15) is 38.5 Å². The summed E-state index contributed by atoms with van der Waals surface area (Å²) in [4.78, 5) is 11.4. The Labute approximate surface area is 210 Å². The molecule has 0 bridgehead atoms. The first kappa shape index (κ1) is 24.1. The van der Waals surface area contributed by atoms with Gasteiger partial charge in [0, 0.05) is 30.2 Å². The largest absolute Gasteiger partial charge is 0.493 e. The molecule has 186 valence electrons. The average molecular weight is 499 g/mol. The molecule has 2 aliphatic rings. The first-order chi connectivity index (χ1) is 17.1. The zero-order valence-corrected chi connectivity index (χ0v) is 20.9. The Balaban J connectivity index is 1.25. The van der Waals surface area contributed by atoms with Crippen molar-refractivity contribution in [2.75, 3.05) is 38.7 Å². The van der Waals surface area contributed by atoms with Crippen molar-refractivity contribution in [1.82, 2.24) is 14.9 Å². The summed E-state index contributed by atoms with van der Waals surface area (Å²) in [6.45, 7) is 4.11. The van der Waals surface area contributed by atoms with Crippen LogP contribution in [0.25, 0.3) is 10.9 Å². The number of aromatic nitrogens is 2. The molecule has 1 aromatic heterocycles. The molecule has 8 heteroatoms. The van der Waals surface area contributed by atoms with Crippen molar-refractivity contribution in [3.8, 4) is 11.5 Å². The van der Waals surface area contributed by atoms with Gasteiger partial charge in [-0.3, -0.25) is 0 Å². The Morgan fingerprint density at radius 2 is 1.94 bits per heavy atom. The first-order valence-electron chi connectivity index (χ1n) is 12.5. The van der Waals surface area contributed by atoms with Crippen molar-refractivity contribution in [2.24, 2.45) is 11.8 Å². The highest BCUT2D eigenvalue weighted by molar-refractivity contribution is 6.31. The highest BCUT2D eigenvalue weighted by Crippen LogP contribution is 2.37. The van der Waals surface area contributed by atoms with Gasteiger partial charge in [-0.2, -0.15) is 0 Å². The molecule has 0 radical (unpaired) electrons. The minimum absolute atomic E-state index is 0.0479. The lowest BCUT2D eigenvalue weighted by Crippen LogP contribution is -2.42. The van der Waals surface area contributed by atoms with Crippen molar-refractivity contribution in [1.29, 1.82) is 0 Å². The number of piperidine rings is 1. The summed E-state index contributed by atoms with van der Waals surface area (Å²) in [5.41, 5.74) is 1.35. The van der Waals surface area contributed by atoms with Crippen LogP contribution >= 0.6 is 11.6 Å². The van der Waals surface area contributed by atoms with E-state index in [0.29, 0.717) is 29.6 Å². The molecule has 35 heavy (non-hydrogen) atoms. The second-order valence-corrected chi connectivity index (χ2v) is 10.00. The molecular formula is C27H32ClFN4O2. The zero-order valence-electron chi connectivity index (χ0n) is 20.1. The van der Waals surface area contributed by atoms with E-state index < -0.39 is 5.82 Å². The highest BCUT2D eigenvalue weighted by Gasteiger charge is 2.30. The zero-order chi connectivity index (χ0) is 24.2. The number of nitrogens with one attached hydrogen (secondary N) is 1. The summed E-state index contributed by atoms with van der Waals surface area (Å²) in [6.07, 6.45) is 9.43. The van der Waals surface area contributed by atoms with Crippen LogP contribution < -0.4 is 14.8 Å². The fourth-order valence-electron chi connectivity index (χ4n) is 5.50. The maximum absolute atomic E-state index is 13.5. The van der Waals surface area contributed by atoms with Crippen LogP contribution in [0.2, 0.25) is 5.02 Å². The molecule has 0 spiro atoms. The van der Waals surface area contributed by atoms with E-state index in [4.69, 9.17) is 21.1 Å². The molecule has 2 unspecified atom stereocenters. The van der Waals surface area contributed by atoms with Crippen LogP contribution in [-0.2, 0) is 0 Å². The summed E-state index contributed by atoms with van der Waals surface area (Å²) in [6, 6.07) is 8.22. The quantitative estimate of drug-likeness (QED) is 0.360. The molecule has 2 heterocycles. The molecule has 1 N–H and O–H groups in total. The predicted octanol–water partition coefficient (Wildman–Crippen LogP) is 6.46.